The van der Waals surface area contributed by atoms with E-state index in [2.05, 4.69) is 28.2 Å². The molecule has 5 rings (SSSR count). The molecule has 2 aromatic heterocycles. The van der Waals surface area contributed by atoms with Crippen molar-refractivity contribution >= 4 is 16.6 Å². The van der Waals surface area contributed by atoms with Gasteiger partial charge in [-0.3, -0.25) is 4.98 Å². The van der Waals surface area contributed by atoms with Crippen molar-refractivity contribution < 1.29 is 60.5 Å². The Kier molecular flexibility index (Phi) is 11.4. The normalized spacial score (nSPS) is 16.5. The van der Waals surface area contributed by atoms with E-state index in [0.717, 1.165) is 65.8 Å². The van der Waals surface area contributed by atoms with Crippen LogP contribution in [0.4, 0.5) is 10.1 Å². The molecule has 0 spiro atoms. The predicted molar refractivity (Wildman–Crippen MR) is 148 cm³/mol. The fourth-order valence-corrected chi connectivity index (χ4v) is 5.25. The van der Waals surface area contributed by atoms with Gasteiger partial charge in [0.05, 0.1) is 24.3 Å². The van der Waals surface area contributed by atoms with Crippen LogP contribution in [0.25, 0.3) is 27.5 Å². The number of nitriles is 1. The Hall–Kier alpha value is -2.21. The number of fused-ring (bicyclic) bond motifs is 1. The van der Waals surface area contributed by atoms with Crippen LogP contribution in [-0.2, 0) is 0 Å². The second-order valence-electron chi connectivity index (χ2n) is 9.36. The van der Waals surface area contributed by atoms with Gasteiger partial charge in [0.1, 0.15) is 11.6 Å². The van der Waals surface area contributed by atoms with E-state index in [9.17, 15) is 9.65 Å². The van der Waals surface area contributed by atoms with E-state index in [4.69, 9.17) is 10.1 Å². The molecule has 1 aliphatic rings. The molecule has 2 heterocycles. The second kappa shape index (κ2) is 14.3. The number of nitrogens with zero attached hydrogens (tertiary/aromatic N) is 3. The molecule has 7 heteroatoms. The Bertz CT molecular complexity index is 1400. The second-order valence-corrected chi connectivity index (χ2v) is 9.36. The average molecular weight is 537 g/mol. The van der Waals surface area contributed by atoms with Gasteiger partial charge in [0.2, 0.25) is 0 Å². The van der Waals surface area contributed by atoms with Gasteiger partial charge in [0, 0.05) is 28.5 Å². The van der Waals surface area contributed by atoms with Crippen molar-refractivity contribution in [2.75, 3.05) is 13.7 Å². The number of hydrogen-bond acceptors (Lipinski definition) is 3. The molecule has 0 bridgehead atoms. The third kappa shape index (κ3) is 6.86. The van der Waals surface area contributed by atoms with Crippen molar-refractivity contribution in [2.24, 2.45) is 5.92 Å². The average Bonchev–Trinajstić information content (AvgIpc) is 3.32. The quantitative estimate of drug-likeness (QED) is 0.328. The molecule has 1 fully saturated rings. The van der Waals surface area contributed by atoms with Gasteiger partial charge in [-0.25, -0.2) is 4.39 Å². The molecule has 0 saturated heterocycles. The Morgan fingerprint density at radius 1 is 1.08 bits per heavy atom. The number of aryl methyl sites for hydroxylation is 1. The summed E-state index contributed by atoms with van der Waals surface area (Å²) >= 11 is 0. The van der Waals surface area contributed by atoms with Crippen LogP contribution in [-0.4, -0.2) is 23.6 Å². The Labute approximate surface area is 267 Å². The molecule has 1 saturated carbocycles. The Balaban J connectivity index is 0.00000130. The summed E-state index contributed by atoms with van der Waals surface area (Å²) in [6, 6.07) is 16.6. The molecule has 0 radical (unpaired) electrons. The smallest absolute Gasteiger partial charge is 0.682 e. The van der Waals surface area contributed by atoms with E-state index in [1.54, 1.807) is 31.4 Å². The number of aromatic amines is 1. The van der Waals surface area contributed by atoms with E-state index >= 15 is 0 Å². The summed E-state index contributed by atoms with van der Waals surface area (Å²) in [6.07, 6.45) is 6.15. The molecule has 0 unspecified atom stereocenters. The first-order valence-electron chi connectivity index (χ1n) is 13.1. The molecular formula is C31H34FKN4O. The minimum atomic E-state index is -0.212. The van der Waals surface area contributed by atoms with E-state index in [0.29, 0.717) is 23.1 Å². The Morgan fingerprint density at radius 2 is 1.84 bits per heavy atom. The molecule has 2 aromatic carbocycles. The summed E-state index contributed by atoms with van der Waals surface area (Å²) in [6.45, 7) is 6.78. The van der Waals surface area contributed by atoms with Crippen LogP contribution < -0.4 is 56.1 Å². The van der Waals surface area contributed by atoms with Gasteiger partial charge in [0.15, 0.2) is 0 Å². The number of benzene rings is 2. The van der Waals surface area contributed by atoms with Gasteiger partial charge in [-0.2, -0.15) is 5.26 Å². The zero-order valence-corrected chi connectivity index (χ0v) is 26.1. The van der Waals surface area contributed by atoms with Crippen molar-refractivity contribution in [3.8, 4) is 23.1 Å². The van der Waals surface area contributed by atoms with Crippen LogP contribution in [0.2, 0.25) is 0 Å². The number of H-pyrrole nitrogens is 1. The summed E-state index contributed by atoms with van der Waals surface area (Å²) in [5.74, 6) is 1.38. The topological polar surface area (TPSA) is 75.8 Å². The van der Waals surface area contributed by atoms with Crippen molar-refractivity contribution in [1.29, 1.82) is 5.26 Å². The minimum absolute atomic E-state index is 0. The van der Waals surface area contributed by atoms with Crippen molar-refractivity contribution in [2.45, 2.75) is 52.4 Å². The third-order valence-electron chi connectivity index (χ3n) is 7.08. The molecule has 1 aliphatic carbocycles. The first kappa shape index (κ1) is 30.3. The maximum absolute atomic E-state index is 13.9. The molecule has 1 N–H and O–H groups in total. The molecular weight excluding hydrogens is 502 g/mol. The maximum Gasteiger partial charge on any atom is 1.00 e. The summed E-state index contributed by atoms with van der Waals surface area (Å²) in [7, 11) is 1.62. The number of ether oxygens (including phenoxy) is 1. The van der Waals surface area contributed by atoms with Crippen LogP contribution >= 0.6 is 0 Å². The van der Waals surface area contributed by atoms with Crippen LogP contribution in [0, 0.1) is 30.0 Å². The number of rotatable bonds is 6. The first-order valence-corrected chi connectivity index (χ1v) is 13.1. The number of hydrogen-bond donors (Lipinski definition) is 1. The monoisotopic (exact) mass is 536 g/mol. The number of aromatic nitrogens is 2. The zero-order valence-electron chi connectivity index (χ0n) is 23.0. The van der Waals surface area contributed by atoms with Gasteiger partial charge in [0.25, 0.3) is 0 Å². The van der Waals surface area contributed by atoms with Crippen LogP contribution in [0.3, 0.4) is 0 Å². The summed E-state index contributed by atoms with van der Waals surface area (Å²) in [5, 5.41) is 15.1. The minimum Gasteiger partial charge on any atom is -0.682 e. The van der Waals surface area contributed by atoms with E-state index < -0.39 is 0 Å². The maximum atomic E-state index is 13.9. The van der Waals surface area contributed by atoms with Crippen LogP contribution in [0.15, 0.2) is 54.7 Å². The summed E-state index contributed by atoms with van der Waals surface area (Å²) in [5.41, 5.74) is 6.40. The zero-order chi connectivity index (χ0) is 26.4. The molecule has 0 amide bonds. The molecule has 0 atom stereocenters. The number of methoxy groups -OCH3 is 1. The fourth-order valence-electron chi connectivity index (χ4n) is 5.25. The van der Waals surface area contributed by atoms with E-state index in [1.165, 1.54) is 11.6 Å². The van der Waals surface area contributed by atoms with Gasteiger partial charge < -0.3 is 15.0 Å². The van der Waals surface area contributed by atoms with Gasteiger partial charge in [-0.1, -0.05) is 38.7 Å². The number of pyridine rings is 1. The van der Waals surface area contributed by atoms with Crippen molar-refractivity contribution in [3.05, 3.63) is 82.7 Å². The van der Waals surface area contributed by atoms with Crippen LogP contribution in [0.1, 0.15) is 62.3 Å². The number of nitrogens with one attached hydrogen (secondary N) is 1. The molecule has 0 aliphatic heterocycles. The van der Waals surface area contributed by atoms with Crippen molar-refractivity contribution in [3.63, 3.8) is 0 Å². The van der Waals surface area contributed by atoms with Crippen molar-refractivity contribution in [1.82, 2.24) is 9.97 Å². The summed E-state index contributed by atoms with van der Waals surface area (Å²) < 4.78 is 19.4. The van der Waals surface area contributed by atoms with E-state index in [1.807, 2.05) is 33.0 Å². The predicted octanol–water partition coefficient (Wildman–Crippen LogP) is 5.57. The van der Waals surface area contributed by atoms with Crippen LogP contribution in [0.5, 0.6) is 5.75 Å². The standard InChI is InChI=1S/C29H28FN4O.C2H6.K/c1-18-13-27(29(34-18)24-9-5-20(16-31)14-28(24)35-2)33-17-19-3-6-21(7-4-19)23-11-12-32-26-10-8-22(30)15-25(23)26;1-2;/h5,8-15,19,21,34H,3-4,6-7,17H2,1-2H3;1-2H3;/q-1;;+1. The first-order chi connectivity index (χ1) is 18.1. The molecule has 192 valence electrons. The SMILES string of the molecule is CC.COc1cc(C#N)ccc1-c1[nH]c(C)cc1[N-]CC1CCC(c2ccnc3ccc(F)cc23)CC1.[K+]. The molecule has 5 nitrogen and oxygen atoms in total. The van der Waals surface area contributed by atoms with E-state index in [-0.39, 0.29) is 57.2 Å². The van der Waals surface area contributed by atoms with Gasteiger partial charge in [-0.05, 0) is 73.7 Å². The molecule has 38 heavy (non-hydrogen) atoms. The Morgan fingerprint density at radius 3 is 2.55 bits per heavy atom. The summed E-state index contributed by atoms with van der Waals surface area (Å²) in [4.78, 5) is 7.82. The van der Waals surface area contributed by atoms with Gasteiger partial charge in [-0.15, -0.1) is 12.2 Å². The number of halogens is 1. The fraction of sp³-hybridized carbons (Fsp3) is 0.355. The third-order valence-corrected chi connectivity index (χ3v) is 7.08. The molecule has 4 aromatic rings. The van der Waals surface area contributed by atoms with Gasteiger partial charge >= 0.3 is 51.4 Å². The largest absolute Gasteiger partial charge is 1.00 e.